The van der Waals surface area contributed by atoms with Crippen LogP contribution in [0.25, 0.3) is 0 Å². The van der Waals surface area contributed by atoms with Crippen LogP contribution in [-0.2, 0) is 6.54 Å². The lowest BCUT2D eigenvalue weighted by molar-refractivity contribution is 0.0965. The molecule has 13 heavy (non-hydrogen) atoms. The minimum atomic E-state index is -0.433. The molecule has 68 valence electrons. The van der Waals surface area contributed by atoms with Crippen molar-refractivity contribution in [2.75, 3.05) is 7.11 Å². The van der Waals surface area contributed by atoms with Gasteiger partial charge in [-0.05, 0) is 17.7 Å². The lowest BCUT2D eigenvalue weighted by Gasteiger charge is -2.03. The molecule has 1 N–H and O–H groups in total. The summed E-state index contributed by atoms with van der Waals surface area (Å²) in [6.07, 6.45) is 0. The average molecular weight is 181 g/mol. The number of carbonyl (C=O) groups is 1. The third-order valence-electron chi connectivity index (χ3n) is 2.06. The Bertz CT molecular complexity index is 376. The van der Waals surface area contributed by atoms with Crippen molar-refractivity contribution in [1.29, 1.82) is 0 Å². The zero-order valence-electron chi connectivity index (χ0n) is 7.06. The largest absolute Gasteiger partial charge is 0.494 e. The summed E-state index contributed by atoms with van der Waals surface area (Å²) >= 11 is 0. The van der Waals surface area contributed by atoms with Crippen molar-refractivity contribution in [2.45, 2.75) is 6.54 Å². The maximum atomic E-state index is 13.1. The fourth-order valence-electron chi connectivity index (χ4n) is 1.38. The Morgan fingerprint density at radius 1 is 1.54 bits per heavy atom. The van der Waals surface area contributed by atoms with Gasteiger partial charge in [0.1, 0.15) is 0 Å². The number of ether oxygens (including phenoxy) is 1. The van der Waals surface area contributed by atoms with Crippen molar-refractivity contribution < 1.29 is 13.9 Å². The monoisotopic (exact) mass is 181 g/mol. The Balaban J connectivity index is 2.57. The predicted molar refractivity (Wildman–Crippen MR) is 44.1 cm³/mol. The number of nitrogens with one attached hydrogen (secondary N) is 1. The highest BCUT2D eigenvalue weighted by Crippen LogP contribution is 2.24. The summed E-state index contributed by atoms with van der Waals surface area (Å²) in [7, 11) is 1.37. The van der Waals surface area contributed by atoms with E-state index < -0.39 is 5.82 Å². The molecule has 0 saturated heterocycles. The first kappa shape index (κ1) is 8.04. The average Bonchev–Trinajstić information content (AvgIpc) is 2.46. The van der Waals surface area contributed by atoms with E-state index in [0.29, 0.717) is 17.7 Å². The first-order valence-electron chi connectivity index (χ1n) is 3.87. The van der Waals surface area contributed by atoms with E-state index in [4.69, 9.17) is 4.74 Å². The minimum Gasteiger partial charge on any atom is -0.494 e. The number of hydrogen-bond acceptors (Lipinski definition) is 2. The second-order valence-electron chi connectivity index (χ2n) is 2.83. The molecule has 1 heterocycles. The Morgan fingerprint density at radius 3 is 3.00 bits per heavy atom. The van der Waals surface area contributed by atoms with Gasteiger partial charge in [-0.3, -0.25) is 4.79 Å². The smallest absolute Gasteiger partial charge is 0.252 e. The number of halogens is 1. The fraction of sp³-hybridized carbons (Fsp3) is 0.222. The Labute approximate surface area is 74.5 Å². The normalized spacial score (nSPS) is 13.8. The molecule has 1 aliphatic rings. The standard InChI is InChI=1S/C9H8FNO2/c1-13-8-3-6-5(2-7(8)10)4-11-9(6)12/h2-3H,4H2,1H3,(H,11,12). The second kappa shape index (κ2) is 2.73. The van der Waals surface area contributed by atoms with Crippen molar-refractivity contribution in [1.82, 2.24) is 5.32 Å². The van der Waals surface area contributed by atoms with Gasteiger partial charge in [0.25, 0.3) is 5.91 Å². The Morgan fingerprint density at radius 2 is 2.31 bits per heavy atom. The molecular weight excluding hydrogens is 173 g/mol. The molecule has 0 radical (unpaired) electrons. The number of amides is 1. The third kappa shape index (κ3) is 1.14. The number of rotatable bonds is 1. The van der Waals surface area contributed by atoms with Crippen molar-refractivity contribution in [3.8, 4) is 5.75 Å². The van der Waals surface area contributed by atoms with Gasteiger partial charge < -0.3 is 10.1 Å². The third-order valence-corrected chi connectivity index (χ3v) is 2.06. The summed E-state index contributed by atoms with van der Waals surface area (Å²) in [5.74, 6) is -0.498. The van der Waals surface area contributed by atoms with Crippen LogP contribution in [0.2, 0.25) is 0 Å². The molecular formula is C9H8FNO2. The minimum absolute atomic E-state index is 0.107. The highest BCUT2D eigenvalue weighted by molar-refractivity contribution is 5.98. The van der Waals surface area contributed by atoms with Gasteiger partial charge in [0.15, 0.2) is 11.6 Å². The topological polar surface area (TPSA) is 38.3 Å². The highest BCUT2D eigenvalue weighted by atomic mass is 19.1. The maximum absolute atomic E-state index is 13.1. The van der Waals surface area contributed by atoms with Crippen LogP contribution in [0.15, 0.2) is 12.1 Å². The van der Waals surface area contributed by atoms with E-state index in [2.05, 4.69) is 5.32 Å². The first-order chi connectivity index (χ1) is 6.22. The summed E-state index contributed by atoms with van der Waals surface area (Å²) in [5.41, 5.74) is 1.18. The van der Waals surface area contributed by atoms with Gasteiger partial charge in [0.05, 0.1) is 7.11 Å². The van der Waals surface area contributed by atoms with Crippen LogP contribution in [0, 0.1) is 5.82 Å². The first-order valence-corrected chi connectivity index (χ1v) is 3.87. The van der Waals surface area contributed by atoms with E-state index in [1.807, 2.05) is 0 Å². The van der Waals surface area contributed by atoms with Gasteiger partial charge in [0, 0.05) is 12.1 Å². The van der Waals surface area contributed by atoms with Gasteiger partial charge >= 0.3 is 0 Å². The molecule has 0 spiro atoms. The summed E-state index contributed by atoms with van der Waals surface area (Å²) < 4.78 is 17.9. The van der Waals surface area contributed by atoms with Crippen LogP contribution in [-0.4, -0.2) is 13.0 Å². The van der Waals surface area contributed by atoms with Crippen LogP contribution in [0.1, 0.15) is 15.9 Å². The van der Waals surface area contributed by atoms with Gasteiger partial charge in [0.2, 0.25) is 0 Å². The van der Waals surface area contributed by atoms with E-state index in [-0.39, 0.29) is 11.7 Å². The summed E-state index contributed by atoms with van der Waals surface area (Å²) in [5, 5.41) is 2.60. The molecule has 1 aromatic carbocycles. The van der Waals surface area contributed by atoms with Gasteiger partial charge in [-0.2, -0.15) is 0 Å². The van der Waals surface area contributed by atoms with E-state index >= 15 is 0 Å². The number of methoxy groups -OCH3 is 1. The Hall–Kier alpha value is -1.58. The molecule has 3 nitrogen and oxygen atoms in total. The molecule has 1 aliphatic heterocycles. The van der Waals surface area contributed by atoms with E-state index in [1.54, 1.807) is 0 Å². The van der Waals surface area contributed by atoms with Crippen molar-refractivity contribution in [3.05, 3.63) is 29.1 Å². The van der Waals surface area contributed by atoms with E-state index in [1.165, 1.54) is 19.2 Å². The number of benzene rings is 1. The molecule has 4 heteroatoms. The summed E-state index contributed by atoms with van der Waals surface area (Å²) in [6, 6.07) is 2.75. The van der Waals surface area contributed by atoms with Crippen LogP contribution in [0.5, 0.6) is 5.75 Å². The quantitative estimate of drug-likeness (QED) is 0.704. The summed E-state index contributed by atoms with van der Waals surface area (Å²) in [6.45, 7) is 0.398. The molecule has 0 unspecified atom stereocenters. The fourth-order valence-corrected chi connectivity index (χ4v) is 1.38. The number of carbonyl (C=O) groups excluding carboxylic acids is 1. The predicted octanol–water partition coefficient (Wildman–Crippen LogP) is 1.08. The van der Waals surface area contributed by atoms with Gasteiger partial charge in [-0.1, -0.05) is 0 Å². The van der Waals surface area contributed by atoms with Crippen molar-refractivity contribution >= 4 is 5.91 Å². The van der Waals surface area contributed by atoms with Crippen molar-refractivity contribution in [2.24, 2.45) is 0 Å². The summed E-state index contributed by atoms with van der Waals surface area (Å²) in [4.78, 5) is 11.2. The van der Waals surface area contributed by atoms with Crippen LogP contribution in [0.4, 0.5) is 4.39 Å². The molecule has 0 atom stereocenters. The molecule has 0 aliphatic carbocycles. The zero-order valence-corrected chi connectivity index (χ0v) is 7.06. The lowest BCUT2D eigenvalue weighted by atomic mass is 10.1. The second-order valence-corrected chi connectivity index (χ2v) is 2.83. The lowest BCUT2D eigenvalue weighted by Crippen LogP contribution is -2.12. The molecule has 0 saturated carbocycles. The molecule has 0 bridgehead atoms. The molecule has 1 amide bonds. The van der Waals surface area contributed by atoms with E-state index in [0.717, 1.165) is 0 Å². The van der Waals surface area contributed by atoms with Crippen LogP contribution < -0.4 is 10.1 Å². The van der Waals surface area contributed by atoms with Crippen LogP contribution >= 0.6 is 0 Å². The zero-order chi connectivity index (χ0) is 9.42. The molecule has 0 aromatic heterocycles. The molecule has 2 rings (SSSR count). The maximum Gasteiger partial charge on any atom is 0.252 e. The SMILES string of the molecule is COc1cc2c(cc1F)CNC2=O. The number of fused-ring (bicyclic) bond motifs is 1. The van der Waals surface area contributed by atoms with Gasteiger partial charge in [-0.25, -0.2) is 4.39 Å². The van der Waals surface area contributed by atoms with Gasteiger partial charge in [-0.15, -0.1) is 0 Å². The Kier molecular flexibility index (Phi) is 1.69. The van der Waals surface area contributed by atoms with Crippen LogP contribution in [0.3, 0.4) is 0 Å². The highest BCUT2D eigenvalue weighted by Gasteiger charge is 2.21. The molecule has 0 fully saturated rings. The molecule has 1 aromatic rings. The van der Waals surface area contributed by atoms with E-state index in [9.17, 15) is 9.18 Å². The van der Waals surface area contributed by atoms with Crippen molar-refractivity contribution in [3.63, 3.8) is 0 Å². The number of hydrogen-bond donors (Lipinski definition) is 1.